The van der Waals surface area contributed by atoms with Crippen molar-refractivity contribution in [3.05, 3.63) is 65.4 Å². The highest BCUT2D eigenvalue weighted by molar-refractivity contribution is 5.82. The topological polar surface area (TPSA) is 14.2 Å². The summed E-state index contributed by atoms with van der Waals surface area (Å²) in [5.41, 5.74) is 4.97. The lowest BCUT2D eigenvalue weighted by Crippen LogP contribution is -2.01. The molecule has 0 N–H and O–H groups in total. The smallest absolute Gasteiger partial charge is 0.128 e. The van der Waals surface area contributed by atoms with E-state index in [2.05, 4.69) is 61.9 Å². The molecule has 0 saturated carbocycles. The molecule has 0 unspecified atom stereocenters. The van der Waals surface area contributed by atoms with Crippen molar-refractivity contribution < 1.29 is 4.74 Å². The lowest BCUT2D eigenvalue weighted by atomic mass is 10.2. The van der Waals surface area contributed by atoms with Crippen LogP contribution in [0.4, 0.5) is 0 Å². The van der Waals surface area contributed by atoms with Crippen LogP contribution in [0.3, 0.4) is 0 Å². The van der Waals surface area contributed by atoms with Crippen molar-refractivity contribution in [2.24, 2.45) is 7.05 Å². The first-order valence-electron chi connectivity index (χ1n) is 6.88. The van der Waals surface area contributed by atoms with Gasteiger partial charge in [-0.2, -0.15) is 0 Å². The van der Waals surface area contributed by atoms with Gasteiger partial charge in [0, 0.05) is 18.0 Å². The highest BCUT2D eigenvalue weighted by atomic mass is 16.5. The fraction of sp³-hybridized carbons (Fsp3) is 0.222. The second-order valence-corrected chi connectivity index (χ2v) is 5.36. The van der Waals surface area contributed by atoms with Crippen molar-refractivity contribution in [1.82, 2.24) is 4.57 Å². The molecule has 3 aromatic rings. The molecule has 0 bridgehead atoms. The van der Waals surface area contributed by atoms with Crippen molar-refractivity contribution in [2.45, 2.75) is 20.5 Å². The van der Waals surface area contributed by atoms with Crippen LogP contribution in [0.5, 0.6) is 5.75 Å². The van der Waals surface area contributed by atoms with E-state index in [1.165, 1.54) is 27.7 Å². The highest BCUT2D eigenvalue weighted by Crippen LogP contribution is 2.21. The Labute approximate surface area is 119 Å². The third-order valence-corrected chi connectivity index (χ3v) is 3.71. The Bertz CT molecular complexity index is 738. The normalized spacial score (nSPS) is 10.9. The molecule has 0 aliphatic carbocycles. The lowest BCUT2D eigenvalue weighted by Gasteiger charge is -2.07. The third-order valence-electron chi connectivity index (χ3n) is 3.71. The van der Waals surface area contributed by atoms with Crippen LogP contribution in [-0.4, -0.2) is 4.57 Å². The maximum atomic E-state index is 5.87. The van der Waals surface area contributed by atoms with E-state index in [0.717, 1.165) is 5.75 Å². The van der Waals surface area contributed by atoms with E-state index in [-0.39, 0.29) is 0 Å². The predicted molar refractivity (Wildman–Crippen MR) is 83.2 cm³/mol. The Morgan fingerprint density at radius 1 is 0.900 bits per heavy atom. The number of ether oxygens (including phenoxy) is 1. The molecule has 0 aliphatic rings. The number of hydrogen-bond acceptors (Lipinski definition) is 1. The molecule has 3 rings (SSSR count). The van der Waals surface area contributed by atoms with Crippen molar-refractivity contribution >= 4 is 10.9 Å². The summed E-state index contributed by atoms with van der Waals surface area (Å²) in [6.07, 6.45) is 0. The fourth-order valence-corrected chi connectivity index (χ4v) is 2.46. The van der Waals surface area contributed by atoms with E-state index >= 15 is 0 Å². The van der Waals surface area contributed by atoms with Gasteiger partial charge in [0.25, 0.3) is 0 Å². The zero-order chi connectivity index (χ0) is 14.1. The summed E-state index contributed by atoms with van der Waals surface area (Å²) < 4.78 is 8.06. The Morgan fingerprint density at radius 2 is 1.60 bits per heavy atom. The van der Waals surface area contributed by atoms with E-state index in [1.54, 1.807) is 0 Å². The van der Waals surface area contributed by atoms with Gasteiger partial charge in [-0.1, -0.05) is 29.3 Å². The molecule has 1 heterocycles. The summed E-state index contributed by atoms with van der Waals surface area (Å²) in [7, 11) is 2.09. The van der Waals surface area contributed by atoms with Crippen LogP contribution in [-0.2, 0) is 13.7 Å². The van der Waals surface area contributed by atoms with E-state index in [4.69, 9.17) is 4.74 Å². The highest BCUT2D eigenvalue weighted by Gasteiger charge is 2.06. The summed E-state index contributed by atoms with van der Waals surface area (Å²) in [5, 5.41) is 1.27. The maximum absolute atomic E-state index is 5.87. The van der Waals surface area contributed by atoms with Gasteiger partial charge >= 0.3 is 0 Å². The largest absolute Gasteiger partial charge is 0.487 e. The molecule has 0 fully saturated rings. The average molecular weight is 265 g/mol. The van der Waals surface area contributed by atoms with Gasteiger partial charge in [-0.15, -0.1) is 0 Å². The molecular weight excluding hydrogens is 246 g/mol. The summed E-state index contributed by atoms with van der Waals surface area (Å²) in [6, 6.07) is 16.9. The van der Waals surface area contributed by atoms with E-state index in [0.29, 0.717) is 6.61 Å². The minimum absolute atomic E-state index is 0.591. The number of aromatic nitrogens is 1. The summed E-state index contributed by atoms with van der Waals surface area (Å²) in [4.78, 5) is 0. The van der Waals surface area contributed by atoms with Gasteiger partial charge in [0.1, 0.15) is 12.4 Å². The Balaban J connectivity index is 1.84. The number of rotatable bonds is 3. The molecule has 20 heavy (non-hydrogen) atoms. The second kappa shape index (κ2) is 5.04. The average Bonchev–Trinajstić information content (AvgIpc) is 2.74. The maximum Gasteiger partial charge on any atom is 0.128 e. The van der Waals surface area contributed by atoms with E-state index < -0.39 is 0 Å². The number of aryl methyl sites for hydroxylation is 3. The molecule has 2 aromatic carbocycles. The monoisotopic (exact) mass is 265 g/mol. The van der Waals surface area contributed by atoms with Gasteiger partial charge in [-0.25, -0.2) is 0 Å². The minimum atomic E-state index is 0.591. The predicted octanol–water partition coefficient (Wildman–Crippen LogP) is 4.37. The Hall–Kier alpha value is -2.22. The molecule has 1 aromatic heterocycles. The van der Waals surface area contributed by atoms with Crippen LogP contribution < -0.4 is 4.74 Å². The number of benzene rings is 2. The first-order valence-corrected chi connectivity index (χ1v) is 6.88. The van der Waals surface area contributed by atoms with Gasteiger partial charge < -0.3 is 9.30 Å². The molecule has 0 spiro atoms. The molecule has 0 saturated heterocycles. The van der Waals surface area contributed by atoms with Crippen molar-refractivity contribution in [3.8, 4) is 5.75 Å². The van der Waals surface area contributed by atoms with E-state index in [9.17, 15) is 0 Å². The molecule has 0 amide bonds. The van der Waals surface area contributed by atoms with Crippen LogP contribution in [0.1, 0.15) is 16.8 Å². The quantitative estimate of drug-likeness (QED) is 0.685. The molecule has 0 aliphatic heterocycles. The Kier molecular flexibility index (Phi) is 3.23. The third kappa shape index (κ3) is 2.42. The first-order chi connectivity index (χ1) is 9.63. The molecule has 0 atom stereocenters. The van der Waals surface area contributed by atoms with Crippen molar-refractivity contribution in [3.63, 3.8) is 0 Å². The first kappa shape index (κ1) is 12.8. The van der Waals surface area contributed by atoms with Gasteiger partial charge in [-0.3, -0.25) is 0 Å². The fourth-order valence-electron chi connectivity index (χ4n) is 2.46. The molecule has 102 valence electrons. The molecular formula is C18H19NO. The van der Waals surface area contributed by atoms with Crippen LogP contribution in [0, 0.1) is 13.8 Å². The van der Waals surface area contributed by atoms with E-state index in [1.807, 2.05) is 12.1 Å². The summed E-state index contributed by atoms with van der Waals surface area (Å²) >= 11 is 0. The van der Waals surface area contributed by atoms with Crippen molar-refractivity contribution in [2.75, 3.05) is 0 Å². The zero-order valence-corrected chi connectivity index (χ0v) is 12.2. The molecule has 0 radical (unpaired) electrons. The van der Waals surface area contributed by atoms with Crippen LogP contribution in [0.2, 0.25) is 0 Å². The number of nitrogens with zero attached hydrogens (tertiary/aromatic N) is 1. The Morgan fingerprint density at radius 3 is 2.35 bits per heavy atom. The van der Waals surface area contributed by atoms with Gasteiger partial charge in [0.2, 0.25) is 0 Å². The summed E-state index contributed by atoms with van der Waals surface area (Å²) in [5.74, 6) is 0.914. The van der Waals surface area contributed by atoms with Crippen LogP contribution >= 0.6 is 0 Å². The lowest BCUT2D eigenvalue weighted by molar-refractivity contribution is 0.297. The van der Waals surface area contributed by atoms with Crippen LogP contribution in [0.25, 0.3) is 10.9 Å². The second-order valence-electron chi connectivity index (χ2n) is 5.36. The standard InChI is InChI=1S/C18H19NO/c1-13-4-7-17(8-5-13)20-12-16-11-15-10-14(2)6-9-18(15)19(16)3/h4-11H,12H2,1-3H3. The molecule has 2 heteroatoms. The molecule has 2 nitrogen and oxygen atoms in total. The number of fused-ring (bicyclic) bond motifs is 1. The SMILES string of the molecule is Cc1ccc(OCc2cc3cc(C)ccc3n2C)cc1. The van der Waals surface area contributed by atoms with Gasteiger partial charge in [-0.05, 0) is 44.2 Å². The van der Waals surface area contributed by atoms with Gasteiger partial charge in [0.15, 0.2) is 0 Å². The van der Waals surface area contributed by atoms with Gasteiger partial charge in [0.05, 0.1) is 5.69 Å². The minimum Gasteiger partial charge on any atom is -0.487 e. The van der Waals surface area contributed by atoms with Crippen LogP contribution in [0.15, 0.2) is 48.5 Å². The zero-order valence-electron chi connectivity index (χ0n) is 12.2. The number of hydrogen-bond donors (Lipinski definition) is 0. The van der Waals surface area contributed by atoms with Crippen molar-refractivity contribution in [1.29, 1.82) is 0 Å². The summed E-state index contributed by atoms with van der Waals surface area (Å²) in [6.45, 7) is 4.79.